The number of primary amides is 1. The number of hydrogen-bond donors (Lipinski definition) is 3. The van der Waals surface area contributed by atoms with Crippen LogP contribution >= 0.6 is 23.1 Å². The van der Waals surface area contributed by atoms with Crippen LogP contribution < -0.4 is 21.1 Å². The largest absolute Gasteiger partial charge is 0.497 e. The van der Waals surface area contributed by atoms with Crippen LogP contribution in [0.2, 0.25) is 0 Å². The lowest BCUT2D eigenvalue weighted by Crippen LogP contribution is -2.21. The summed E-state index contributed by atoms with van der Waals surface area (Å²) in [6, 6.07) is 7.31. The number of aryl methyl sites for hydroxylation is 1. The van der Waals surface area contributed by atoms with Crippen LogP contribution in [-0.2, 0) is 9.53 Å². The molecule has 33 heavy (non-hydrogen) atoms. The highest BCUT2D eigenvalue weighted by molar-refractivity contribution is 8.01. The zero-order chi connectivity index (χ0) is 24.0. The summed E-state index contributed by atoms with van der Waals surface area (Å²) in [5, 5.41) is 14.2. The fraction of sp³-hybridized carbons (Fsp3) is 0.250. The number of aromatic nitrogens is 2. The summed E-state index contributed by atoms with van der Waals surface area (Å²) in [7, 11) is 1.59. The Morgan fingerprint density at radius 3 is 2.55 bits per heavy atom. The molecule has 0 aliphatic heterocycles. The number of thioether (sulfide) groups is 1. The standard InChI is InChI=1S/C20H21N5O6S2/c1-4-30-18(28)14-10(2)31-17(15(14)16(21)27)23-13(26)9-32-20-25-24-19(33-20)22-11-5-7-12(29-3)8-6-11/h5-8H,4,9H2,1-3H3,(H2,21,27)(H,22,24)(H,23,26). The van der Waals surface area contributed by atoms with Gasteiger partial charge in [0, 0.05) is 5.69 Å². The van der Waals surface area contributed by atoms with E-state index >= 15 is 0 Å². The van der Waals surface area contributed by atoms with Crippen molar-refractivity contribution >= 4 is 57.6 Å². The van der Waals surface area contributed by atoms with Gasteiger partial charge in [-0.15, -0.1) is 10.2 Å². The lowest BCUT2D eigenvalue weighted by Gasteiger charge is -2.04. The number of amides is 2. The number of methoxy groups -OCH3 is 1. The Balaban J connectivity index is 1.61. The molecule has 0 spiro atoms. The van der Waals surface area contributed by atoms with Gasteiger partial charge in [0.15, 0.2) is 4.34 Å². The Kier molecular flexibility index (Phi) is 7.90. The third-order valence-corrected chi connectivity index (χ3v) is 6.11. The van der Waals surface area contributed by atoms with Crippen LogP contribution in [0.3, 0.4) is 0 Å². The summed E-state index contributed by atoms with van der Waals surface area (Å²) in [6.07, 6.45) is 0. The quantitative estimate of drug-likeness (QED) is 0.284. The van der Waals surface area contributed by atoms with Gasteiger partial charge < -0.3 is 24.9 Å². The minimum atomic E-state index is -0.920. The van der Waals surface area contributed by atoms with Crippen molar-refractivity contribution in [3.63, 3.8) is 0 Å². The zero-order valence-corrected chi connectivity index (χ0v) is 19.6. The van der Waals surface area contributed by atoms with Crippen LogP contribution in [0.4, 0.5) is 16.7 Å². The van der Waals surface area contributed by atoms with Gasteiger partial charge in [-0.25, -0.2) is 4.79 Å². The highest BCUT2D eigenvalue weighted by Gasteiger charge is 2.29. The molecule has 0 aliphatic rings. The summed E-state index contributed by atoms with van der Waals surface area (Å²) in [6.45, 7) is 3.21. The molecule has 0 bridgehead atoms. The van der Waals surface area contributed by atoms with E-state index in [0.29, 0.717) is 9.47 Å². The first kappa shape index (κ1) is 24.1. The molecule has 3 aromatic rings. The van der Waals surface area contributed by atoms with Crippen molar-refractivity contribution in [2.75, 3.05) is 30.1 Å². The minimum Gasteiger partial charge on any atom is -0.497 e. The van der Waals surface area contributed by atoms with Gasteiger partial charge in [0.05, 0.1) is 19.5 Å². The number of benzene rings is 1. The van der Waals surface area contributed by atoms with Gasteiger partial charge in [-0.05, 0) is 38.1 Å². The lowest BCUT2D eigenvalue weighted by atomic mass is 10.1. The highest BCUT2D eigenvalue weighted by atomic mass is 32.2. The number of carbonyl (C=O) groups excluding carboxylic acids is 3. The van der Waals surface area contributed by atoms with Gasteiger partial charge in [0.2, 0.25) is 16.9 Å². The number of nitrogens with zero attached hydrogens (tertiary/aromatic N) is 2. The first-order valence-corrected chi connectivity index (χ1v) is 11.4. The van der Waals surface area contributed by atoms with Gasteiger partial charge >= 0.3 is 5.97 Å². The molecule has 11 nitrogen and oxygen atoms in total. The Morgan fingerprint density at radius 1 is 1.18 bits per heavy atom. The molecule has 174 valence electrons. The predicted molar refractivity (Wildman–Crippen MR) is 123 cm³/mol. The van der Waals surface area contributed by atoms with Gasteiger partial charge in [-0.2, -0.15) is 0 Å². The second-order valence-electron chi connectivity index (χ2n) is 6.39. The van der Waals surface area contributed by atoms with Crippen molar-refractivity contribution < 1.29 is 28.3 Å². The Bertz CT molecular complexity index is 1160. The SMILES string of the molecule is CCOC(=O)c1c(C)oc(NC(=O)CSc2nnc(Nc3ccc(OC)cc3)s2)c1C(N)=O. The zero-order valence-electron chi connectivity index (χ0n) is 18.0. The number of furan rings is 1. The summed E-state index contributed by atoms with van der Waals surface area (Å²) in [5.74, 6) is -1.54. The molecule has 0 aliphatic carbocycles. The number of nitrogens with two attached hydrogens (primary N) is 1. The van der Waals surface area contributed by atoms with Crippen molar-refractivity contribution in [3.05, 3.63) is 41.2 Å². The van der Waals surface area contributed by atoms with Gasteiger partial charge in [0.1, 0.15) is 22.6 Å². The average molecular weight is 492 g/mol. The normalized spacial score (nSPS) is 10.5. The smallest absolute Gasteiger partial charge is 0.342 e. The van der Waals surface area contributed by atoms with E-state index in [1.54, 1.807) is 14.0 Å². The Labute approximate surface area is 197 Å². The van der Waals surface area contributed by atoms with Crippen molar-refractivity contribution in [3.8, 4) is 5.75 Å². The number of ether oxygens (including phenoxy) is 2. The number of rotatable bonds is 10. The third kappa shape index (κ3) is 6.02. The monoisotopic (exact) mass is 491 g/mol. The van der Waals surface area contributed by atoms with Crippen LogP contribution in [0, 0.1) is 6.92 Å². The molecule has 2 aromatic heterocycles. The molecule has 0 saturated heterocycles. The highest BCUT2D eigenvalue weighted by Crippen LogP contribution is 2.30. The lowest BCUT2D eigenvalue weighted by molar-refractivity contribution is -0.113. The van der Waals surface area contributed by atoms with Crippen molar-refractivity contribution in [2.45, 2.75) is 18.2 Å². The molecule has 0 unspecified atom stereocenters. The molecule has 1 aromatic carbocycles. The summed E-state index contributed by atoms with van der Waals surface area (Å²) in [4.78, 5) is 36.4. The van der Waals surface area contributed by atoms with Crippen molar-refractivity contribution in [2.24, 2.45) is 5.73 Å². The van der Waals surface area contributed by atoms with Gasteiger partial charge in [-0.3, -0.25) is 14.9 Å². The van der Waals surface area contributed by atoms with E-state index in [0.717, 1.165) is 23.2 Å². The maximum Gasteiger partial charge on any atom is 0.342 e. The number of hydrogen-bond acceptors (Lipinski definition) is 11. The molecule has 3 rings (SSSR count). The van der Waals surface area contributed by atoms with Gasteiger partial charge in [0.25, 0.3) is 5.91 Å². The number of esters is 1. The van der Waals surface area contributed by atoms with E-state index in [1.807, 2.05) is 24.3 Å². The second-order valence-corrected chi connectivity index (χ2v) is 8.59. The third-order valence-electron chi connectivity index (χ3n) is 4.14. The second kappa shape index (κ2) is 10.8. The molecule has 0 atom stereocenters. The van der Waals surface area contributed by atoms with Crippen LogP contribution in [0.25, 0.3) is 0 Å². The van der Waals surface area contributed by atoms with Crippen molar-refractivity contribution in [1.82, 2.24) is 10.2 Å². The Morgan fingerprint density at radius 2 is 1.91 bits per heavy atom. The maximum atomic E-state index is 12.4. The van der Waals surface area contributed by atoms with E-state index in [2.05, 4.69) is 20.8 Å². The fourth-order valence-corrected chi connectivity index (χ4v) is 4.30. The fourth-order valence-electron chi connectivity index (χ4n) is 2.72. The number of carbonyl (C=O) groups is 3. The van der Waals surface area contributed by atoms with Crippen LogP contribution in [-0.4, -0.2) is 47.5 Å². The van der Waals surface area contributed by atoms with Crippen molar-refractivity contribution in [1.29, 1.82) is 0 Å². The summed E-state index contributed by atoms with van der Waals surface area (Å²) in [5.41, 5.74) is 5.87. The van der Waals surface area contributed by atoms with E-state index in [-0.39, 0.29) is 35.1 Å². The molecule has 13 heteroatoms. The van der Waals surface area contributed by atoms with Gasteiger partial charge in [-0.1, -0.05) is 23.1 Å². The first-order valence-electron chi connectivity index (χ1n) is 9.59. The number of anilines is 3. The molecular weight excluding hydrogens is 470 g/mol. The van der Waals surface area contributed by atoms with E-state index < -0.39 is 17.8 Å². The average Bonchev–Trinajstić information content (AvgIpc) is 3.36. The summed E-state index contributed by atoms with van der Waals surface area (Å²) >= 11 is 2.42. The molecular formula is C20H21N5O6S2. The molecule has 0 fully saturated rings. The van der Waals surface area contributed by atoms with Crippen LogP contribution in [0.5, 0.6) is 5.75 Å². The topological polar surface area (TPSA) is 159 Å². The van der Waals surface area contributed by atoms with Crippen LogP contribution in [0.15, 0.2) is 33.0 Å². The minimum absolute atomic E-state index is 0.0378. The maximum absolute atomic E-state index is 12.4. The molecule has 0 saturated carbocycles. The molecule has 4 N–H and O–H groups in total. The van der Waals surface area contributed by atoms with Crippen LogP contribution in [0.1, 0.15) is 33.4 Å². The predicted octanol–water partition coefficient (Wildman–Crippen LogP) is 3.20. The summed E-state index contributed by atoms with van der Waals surface area (Å²) < 4.78 is 16.0. The van der Waals surface area contributed by atoms with E-state index in [1.165, 1.54) is 18.3 Å². The van der Waals surface area contributed by atoms with E-state index in [9.17, 15) is 14.4 Å². The Hall–Kier alpha value is -3.58. The molecule has 0 radical (unpaired) electrons. The molecule has 2 amide bonds. The number of nitrogens with one attached hydrogen (secondary N) is 2. The first-order chi connectivity index (χ1) is 15.8. The molecule has 2 heterocycles. The van der Waals surface area contributed by atoms with E-state index in [4.69, 9.17) is 19.6 Å².